The van der Waals surface area contributed by atoms with E-state index in [4.69, 9.17) is 27.4 Å². The van der Waals surface area contributed by atoms with Gasteiger partial charge in [0.15, 0.2) is 21.8 Å². The number of hydrogen-bond donors (Lipinski definition) is 3. The van der Waals surface area contributed by atoms with E-state index in [1.807, 2.05) is 18.2 Å². The summed E-state index contributed by atoms with van der Waals surface area (Å²) in [6.07, 6.45) is 4.51. The van der Waals surface area contributed by atoms with Gasteiger partial charge in [-0.3, -0.25) is 19.0 Å². The Labute approximate surface area is 230 Å². The van der Waals surface area contributed by atoms with Crippen molar-refractivity contribution in [3.8, 4) is 11.5 Å². The molecule has 11 heteroatoms. The van der Waals surface area contributed by atoms with Crippen molar-refractivity contribution in [2.75, 3.05) is 33.0 Å². The number of piperidine rings is 2. The zero-order chi connectivity index (χ0) is 27.1. The van der Waals surface area contributed by atoms with Gasteiger partial charge in [-0.25, -0.2) is 0 Å². The summed E-state index contributed by atoms with van der Waals surface area (Å²) in [7, 11) is 0. The first-order chi connectivity index (χ1) is 18.9. The summed E-state index contributed by atoms with van der Waals surface area (Å²) in [5.74, 6) is 0.922. The quantitative estimate of drug-likeness (QED) is 0.412. The fourth-order valence-corrected chi connectivity index (χ4v) is 6.52. The third kappa shape index (κ3) is 4.59. The number of nitrogens with zero attached hydrogens (tertiary/aromatic N) is 2. The van der Waals surface area contributed by atoms with Gasteiger partial charge in [0.05, 0.1) is 30.5 Å². The van der Waals surface area contributed by atoms with Crippen molar-refractivity contribution in [3.05, 3.63) is 62.6 Å². The Balaban J connectivity index is 1.21. The Hall–Kier alpha value is -3.70. The molecular formula is C28H32N5O5S+. The van der Waals surface area contributed by atoms with Crippen LogP contribution in [0.3, 0.4) is 0 Å². The largest absolute Gasteiger partial charge is 0.454 e. The lowest BCUT2D eigenvalue weighted by Crippen LogP contribution is -3.22. The molecule has 4 N–H and O–H groups in total. The van der Waals surface area contributed by atoms with Crippen LogP contribution < -0.4 is 25.7 Å². The number of aromatic amines is 1. The third-order valence-electron chi connectivity index (χ3n) is 8.52. The Morgan fingerprint density at radius 3 is 2.51 bits per heavy atom. The highest BCUT2D eigenvalue weighted by Crippen LogP contribution is 2.32. The molecule has 3 aliphatic heterocycles. The van der Waals surface area contributed by atoms with Gasteiger partial charge in [0.25, 0.3) is 17.4 Å². The van der Waals surface area contributed by atoms with E-state index in [9.17, 15) is 14.4 Å². The number of likely N-dealkylation sites (tertiary alicyclic amines) is 2. The van der Waals surface area contributed by atoms with E-state index in [1.54, 1.807) is 23.1 Å². The summed E-state index contributed by atoms with van der Waals surface area (Å²) in [5.41, 5.74) is 6.92. The molecule has 3 aliphatic rings. The van der Waals surface area contributed by atoms with Crippen LogP contribution in [-0.4, -0.2) is 64.8 Å². The van der Waals surface area contributed by atoms with E-state index >= 15 is 0 Å². The van der Waals surface area contributed by atoms with Crippen molar-refractivity contribution in [3.63, 3.8) is 0 Å². The van der Waals surface area contributed by atoms with Gasteiger partial charge in [-0.05, 0) is 67.4 Å². The predicted octanol–water partition coefficient (Wildman–Crippen LogP) is 1.36. The van der Waals surface area contributed by atoms with Crippen LogP contribution in [-0.2, 0) is 11.3 Å². The molecule has 204 valence electrons. The van der Waals surface area contributed by atoms with Crippen LogP contribution in [0.15, 0.2) is 41.2 Å². The molecular weight excluding hydrogens is 518 g/mol. The number of carbonyl (C=O) groups is 2. The lowest BCUT2D eigenvalue weighted by atomic mass is 9.83. The molecule has 2 aromatic carbocycles. The van der Waals surface area contributed by atoms with Crippen LogP contribution in [0.1, 0.15) is 48.0 Å². The van der Waals surface area contributed by atoms with E-state index in [-0.39, 0.29) is 35.5 Å². The molecule has 0 spiro atoms. The summed E-state index contributed by atoms with van der Waals surface area (Å²) in [6.45, 7) is 3.29. The van der Waals surface area contributed by atoms with Crippen LogP contribution in [0, 0.1) is 4.77 Å². The number of hydrogen-bond acceptors (Lipinski definition) is 6. The average Bonchev–Trinajstić information content (AvgIpc) is 3.43. The number of aromatic nitrogens is 2. The molecule has 10 nitrogen and oxygen atoms in total. The molecule has 4 heterocycles. The number of amides is 2. The Bertz CT molecular complexity index is 1570. The maximum absolute atomic E-state index is 13.4. The van der Waals surface area contributed by atoms with Gasteiger partial charge in [0.2, 0.25) is 6.79 Å². The number of rotatable bonds is 5. The number of benzene rings is 2. The molecule has 2 fully saturated rings. The first kappa shape index (κ1) is 25.6. The topological polar surface area (TPSA) is 124 Å². The molecule has 0 aliphatic carbocycles. The number of fused-ring (bicyclic) bond motifs is 2. The number of nitrogens with one attached hydrogen (secondary N) is 2. The van der Waals surface area contributed by atoms with Crippen molar-refractivity contribution in [1.82, 2.24) is 14.5 Å². The van der Waals surface area contributed by atoms with Gasteiger partial charge in [-0.1, -0.05) is 6.07 Å². The van der Waals surface area contributed by atoms with Crippen molar-refractivity contribution < 1.29 is 24.0 Å². The first-order valence-electron chi connectivity index (χ1n) is 13.5. The highest BCUT2D eigenvalue weighted by Gasteiger charge is 2.49. The third-order valence-corrected chi connectivity index (χ3v) is 8.84. The summed E-state index contributed by atoms with van der Waals surface area (Å²) < 4.78 is 12.6. The lowest BCUT2D eigenvalue weighted by molar-refractivity contribution is -0.948. The number of carbonyl (C=O) groups excluding carboxylic acids is 2. The van der Waals surface area contributed by atoms with Crippen molar-refractivity contribution in [2.45, 2.75) is 44.2 Å². The molecule has 0 saturated carbocycles. The summed E-state index contributed by atoms with van der Waals surface area (Å²) in [5, 5.41) is 0.445. The van der Waals surface area contributed by atoms with Crippen LogP contribution in [0.4, 0.5) is 0 Å². The SMILES string of the molecule is NC(=O)C1([NH+]2CCCCC2)CCN(C(=O)c2ccc3c(=O)n(Cc4ccc5c(c4)OCO5)c(=S)[nH]c3c2)CC1. The zero-order valence-electron chi connectivity index (χ0n) is 21.7. The normalized spacial score (nSPS) is 18.8. The van der Waals surface area contributed by atoms with Gasteiger partial charge >= 0.3 is 0 Å². The monoisotopic (exact) mass is 550 g/mol. The highest BCUT2D eigenvalue weighted by molar-refractivity contribution is 7.71. The number of ether oxygens (including phenoxy) is 2. The maximum atomic E-state index is 13.4. The van der Waals surface area contributed by atoms with Crippen molar-refractivity contribution in [2.24, 2.45) is 5.73 Å². The fraction of sp³-hybridized carbons (Fsp3) is 0.429. The summed E-state index contributed by atoms with van der Waals surface area (Å²) in [6, 6.07) is 10.6. The van der Waals surface area contributed by atoms with Crippen molar-refractivity contribution in [1.29, 1.82) is 0 Å². The molecule has 0 radical (unpaired) electrons. The summed E-state index contributed by atoms with van der Waals surface area (Å²) >= 11 is 5.52. The molecule has 0 unspecified atom stereocenters. The molecule has 2 amide bonds. The van der Waals surface area contributed by atoms with Gasteiger partial charge in [0, 0.05) is 31.5 Å². The van der Waals surface area contributed by atoms with Crippen LogP contribution >= 0.6 is 12.2 Å². The second-order valence-corrected chi connectivity index (χ2v) is 11.1. The van der Waals surface area contributed by atoms with Gasteiger partial charge < -0.3 is 30.0 Å². The molecule has 3 aromatic rings. The van der Waals surface area contributed by atoms with E-state index in [1.165, 1.54) is 15.9 Å². The van der Waals surface area contributed by atoms with Gasteiger partial charge in [-0.2, -0.15) is 0 Å². The van der Waals surface area contributed by atoms with Crippen molar-refractivity contribution >= 4 is 34.9 Å². The molecule has 39 heavy (non-hydrogen) atoms. The number of H-pyrrole nitrogens is 1. The lowest BCUT2D eigenvalue weighted by Gasteiger charge is -2.45. The molecule has 6 rings (SSSR count). The average molecular weight is 551 g/mol. The molecule has 0 bridgehead atoms. The minimum absolute atomic E-state index is 0.132. The second-order valence-electron chi connectivity index (χ2n) is 10.7. The van der Waals surface area contributed by atoms with E-state index in [0.29, 0.717) is 53.9 Å². The molecule has 2 saturated heterocycles. The summed E-state index contributed by atoms with van der Waals surface area (Å²) in [4.78, 5) is 45.5. The van der Waals surface area contributed by atoms with Gasteiger partial charge in [-0.15, -0.1) is 0 Å². The van der Waals surface area contributed by atoms with E-state index in [2.05, 4.69) is 4.98 Å². The van der Waals surface area contributed by atoms with Gasteiger partial charge in [0.1, 0.15) is 0 Å². The molecule has 0 atom stereocenters. The maximum Gasteiger partial charge on any atom is 0.278 e. The van der Waals surface area contributed by atoms with Crippen LogP contribution in [0.25, 0.3) is 10.9 Å². The number of primary amides is 1. The van der Waals surface area contributed by atoms with E-state index < -0.39 is 5.54 Å². The molecule has 1 aromatic heterocycles. The standard InChI is InChI=1S/C28H31N5O5S/c29-26(36)28(32-10-2-1-3-11-32)8-12-31(13-9-28)24(34)19-5-6-20-21(15-19)30-27(39)33(25(20)35)16-18-4-7-22-23(14-18)38-17-37-22/h4-7,14-15H,1-3,8-13,16-17H2,(H2,29,36)(H,30,39)/p+1. The van der Waals surface area contributed by atoms with Crippen LogP contribution in [0.2, 0.25) is 0 Å². The zero-order valence-corrected chi connectivity index (χ0v) is 22.5. The number of nitrogens with two attached hydrogens (primary N) is 1. The second kappa shape index (κ2) is 10.1. The first-order valence-corrected chi connectivity index (χ1v) is 13.9. The Morgan fingerprint density at radius 1 is 1.03 bits per heavy atom. The Kier molecular flexibility index (Phi) is 6.64. The fourth-order valence-electron chi connectivity index (χ4n) is 6.26. The Morgan fingerprint density at radius 2 is 1.77 bits per heavy atom. The van der Waals surface area contributed by atoms with E-state index in [0.717, 1.165) is 31.5 Å². The predicted molar refractivity (Wildman–Crippen MR) is 147 cm³/mol. The minimum atomic E-state index is -0.603. The number of quaternary nitrogens is 1. The van der Waals surface area contributed by atoms with Crippen LogP contribution in [0.5, 0.6) is 11.5 Å². The highest BCUT2D eigenvalue weighted by atomic mass is 32.1. The minimum Gasteiger partial charge on any atom is -0.454 e. The smallest absolute Gasteiger partial charge is 0.278 e.